The molecular formula is C23H18N4O2. The van der Waals surface area contributed by atoms with Crippen LogP contribution in [0.25, 0.3) is 27.6 Å². The van der Waals surface area contributed by atoms with Crippen LogP contribution in [-0.4, -0.2) is 26.2 Å². The van der Waals surface area contributed by atoms with E-state index in [1.807, 2.05) is 66.7 Å². The molecule has 2 aromatic heterocycles. The van der Waals surface area contributed by atoms with E-state index in [4.69, 9.17) is 9.72 Å². The molecule has 0 radical (unpaired) electrons. The molecule has 3 aromatic carbocycles. The number of imidazole rings is 1. The minimum absolute atomic E-state index is 0.0797. The number of hydrogen-bond donors (Lipinski definition) is 0. The largest absolute Gasteiger partial charge is 0.497 e. The van der Waals surface area contributed by atoms with E-state index in [2.05, 4.69) is 9.55 Å². The Bertz CT molecular complexity index is 1380. The van der Waals surface area contributed by atoms with Crippen molar-refractivity contribution in [2.75, 3.05) is 7.11 Å². The normalized spacial score (nSPS) is 11.2. The maximum absolute atomic E-state index is 12.9. The fourth-order valence-corrected chi connectivity index (χ4v) is 3.57. The lowest BCUT2D eigenvalue weighted by Crippen LogP contribution is -2.22. The Kier molecular flexibility index (Phi) is 4.09. The average molecular weight is 382 g/mol. The van der Waals surface area contributed by atoms with Gasteiger partial charge in [-0.1, -0.05) is 24.3 Å². The van der Waals surface area contributed by atoms with E-state index in [9.17, 15) is 4.79 Å². The fraction of sp³-hybridized carbons (Fsp3) is 0.0870. The minimum Gasteiger partial charge on any atom is -0.497 e. The molecule has 0 aliphatic heterocycles. The van der Waals surface area contributed by atoms with Crippen LogP contribution in [0.15, 0.2) is 83.9 Å². The van der Waals surface area contributed by atoms with Crippen LogP contribution in [0, 0.1) is 0 Å². The van der Waals surface area contributed by atoms with Crippen molar-refractivity contribution in [2.45, 2.75) is 6.54 Å². The van der Waals surface area contributed by atoms with Crippen LogP contribution in [-0.2, 0) is 6.54 Å². The lowest BCUT2D eigenvalue weighted by Gasteiger charge is -2.11. The van der Waals surface area contributed by atoms with Crippen molar-refractivity contribution < 1.29 is 4.74 Å². The van der Waals surface area contributed by atoms with Crippen LogP contribution in [0.4, 0.5) is 0 Å². The molecule has 5 rings (SSSR count). The van der Waals surface area contributed by atoms with Crippen molar-refractivity contribution in [3.8, 4) is 11.4 Å². The highest BCUT2D eigenvalue weighted by Crippen LogP contribution is 2.23. The summed E-state index contributed by atoms with van der Waals surface area (Å²) < 4.78 is 8.94. The summed E-state index contributed by atoms with van der Waals surface area (Å²) >= 11 is 0. The first kappa shape index (κ1) is 17.2. The Hall–Kier alpha value is -3.93. The standard InChI is InChI=1S/C23H18N4O2/c1-29-17-12-10-16(11-13-17)27-21-9-5-4-8-20(21)25-22(27)14-26-15-24-19-7-3-2-6-18(19)23(26)28/h2-13,15H,14H2,1H3. The maximum Gasteiger partial charge on any atom is 0.261 e. The van der Waals surface area contributed by atoms with Gasteiger partial charge in [-0.15, -0.1) is 0 Å². The molecule has 0 bridgehead atoms. The lowest BCUT2D eigenvalue weighted by atomic mass is 10.2. The van der Waals surface area contributed by atoms with Gasteiger partial charge in [-0.3, -0.25) is 13.9 Å². The number of fused-ring (bicyclic) bond motifs is 2. The highest BCUT2D eigenvalue weighted by atomic mass is 16.5. The van der Waals surface area contributed by atoms with Crippen LogP contribution in [0.1, 0.15) is 5.82 Å². The molecule has 0 atom stereocenters. The number of para-hydroxylation sites is 3. The van der Waals surface area contributed by atoms with Crippen molar-refractivity contribution in [2.24, 2.45) is 0 Å². The number of benzene rings is 3. The molecule has 29 heavy (non-hydrogen) atoms. The van der Waals surface area contributed by atoms with Gasteiger partial charge < -0.3 is 4.74 Å². The fourth-order valence-electron chi connectivity index (χ4n) is 3.57. The van der Waals surface area contributed by atoms with Gasteiger partial charge in [0.05, 0.1) is 41.9 Å². The molecule has 0 saturated heterocycles. The van der Waals surface area contributed by atoms with E-state index in [0.717, 1.165) is 28.3 Å². The molecule has 0 saturated carbocycles. The van der Waals surface area contributed by atoms with E-state index in [1.54, 1.807) is 24.1 Å². The predicted molar refractivity (Wildman–Crippen MR) is 113 cm³/mol. The molecule has 6 nitrogen and oxygen atoms in total. The molecule has 0 aliphatic carbocycles. The summed E-state index contributed by atoms with van der Waals surface area (Å²) in [4.78, 5) is 22.2. The average Bonchev–Trinajstić information content (AvgIpc) is 3.14. The van der Waals surface area contributed by atoms with E-state index in [1.165, 1.54) is 0 Å². The molecule has 0 aliphatic rings. The van der Waals surface area contributed by atoms with Crippen molar-refractivity contribution in [1.82, 2.24) is 19.1 Å². The summed E-state index contributed by atoms with van der Waals surface area (Å²) in [5.74, 6) is 1.55. The van der Waals surface area contributed by atoms with Crippen molar-refractivity contribution >= 4 is 21.9 Å². The summed E-state index contributed by atoms with van der Waals surface area (Å²) in [5, 5.41) is 0.599. The van der Waals surface area contributed by atoms with E-state index in [0.29, 0.717) is 17.4 Å². The first-order valence-electron chi connectivity index (χ1n) is 9.29. The molecule has 0 amide bonds. The highest BCUT2D eigenvalue weighted by Gasteiger charge is 2.14. The summed E-state index contributed by atoms with van der Waals surface area (Å²) in [7, 11) is 1.65. The van der Waals surface area contributed by atoms with Gasteiger partial charge in [0.2, 0.25) is 0 Å². The summed E-state index contributed by atoms with van der Waals surface area (Å²) in [5.41, 5.74) is 3.42. The molecule has 142 valence electrons. The molecule has 0 fully saturated rings. The zero-order chi connectivity index (χ0) is 19.8. The summed E-state index contributed by atoms with van der Waals surface area (Å²) in [6.45, 7) is 0.317. The van der Waals surface area contributed by atoms with Crippen molar-refractivity contribution in [1.29, 1.82) is 0 Å². The number of ether oxygens (including phenoxy) is 1. The Labute approximate surface area is 166 Å². The molecular weight excluding hydrogens is 364 g/mol. The third-order valence-corrected chi connectivity index (χ3v) is 5.00. The van der Waals surface area contributed by atoms with Crippen LogP contribution in [0.3, 0.4) is 0 Å². The van der Waals surface area contributed by atoms with Crippen LogP contribution in [0.5, 0.6) is 5.75 Å². The Balaban J connectivity index is 1.67. The molecule has 5 aromatic rings. The van der Waals surface area contributed by atoms with Crippen LogP contribution < -0.4 is 10.3 Å². The minimum atomic E-state index is -0.0797. The van der Waals surface area contributed by atoms with E-state index >= 15 is 0 Å². The van der Waals surface area contributed by atoms with Gasteiger partial charge >= 0.3 is 0 Å². The second-order valence-corrected chi connectivity index (χ2v) is 6.74. The molecule has 0 unspecified atom stereocenters. The monoisotopic (exact) mass is 382 g/mol. The zero-order valence-electron chi connectivity index (χ0n) is 15.8. The first-order chi connectivity index (χ1) is 14.2. The predicted octanol–water partition coefficient (Wildman–Crippen LogP) is 3.79. The van der Waals surface area contributed by atoms with Gasteiger partial charge in [0.15, 0.2) is 0 Å². The van der Waals surface area contributed by atoms with Crippen molar-refractivity contribution in [3.05, 3.63) is 95.3 Å². The van der Waals surface area contributed by atoms with Gasteiger partial charge in [0.1, 0.15) is 11.6 Å². The zero-order valence-corrected chi connectivity index (χ0v) is 15.8. The topological polar surface area (TPSA) is 61.9 Å². The molecule has 0 spiro atoms. The Morgan fingerprint density at radius 2 is 1.62 bits per heavy atom. The Morgan fingerprint density at radius 3 is 2.41 bits per heavy atom. The second-order valence-electron chi connectivity index (χ2n) is 6.74. The third kappa shape index (κ3) is 2.95. The third-order valence-electron chi connectivity index (χ3n) is 5.00. The van der Waals surface area contributed by atoms with Crippen LogP contribution in [0.2, 0.25) is 0 Å². The number of nitrogens with zero attached hydrogens (tertiary/aromatic N) is 4. The smallest absolute Gasteiger partial charge is 0.261 e. The summed E-state index contributed by atoms with van der Waals surface area (Å²) in [6.07, 6.45) is 1.59. The van der Waals surface area contributed by atoms with E-state index < -0.39 is 0 Å². The second kappa shape index (κ2) is 6.91. The number of hydrogen-bond acceptors (Lipinski definition) is 4. The first-order valence-corrected chi connectivity index (χ1v) is 9.29. The van der Waals surface area contributed by atoms with Gasteiger partial charge in [-0.25, -0.2) is 9.97 Å². The SMILES string of the molecule is COc1ccc(-n2c(Cn3cnc4ccccc4c3=O)nc3ccccc32)cc1. The van der Waals surface area contributed by atoms with Gasteiger partial charge in [-0.2, -0.15) is 0 Å². The number of aromatic nitrogens is 4. The van der Waals surface area contributed by atoms with Crippen molar-refractivity contribution in [3.63, 3.8) is 0 Å². The lowest BCUT2D eigenvalue weighted by molar-refractivity contribution is 0.414. The molecule has 0 N–H and O–H groups in total. The molecule has 2 heterocycles. The number of methoxy groups -OCH3 is 1. The van der Waals surface area contributed by atoms with Gasteiger partial charge in [0, 0.05) is 5.69 Å². The maximum atomic E-state index is 12.9. The molecule has 6 heteroatoms. The van der Waals surface area contributed by atoms with E-state index in [-0.39, 0.29) is 5.56 Å². The van der Waals surface area contributed by atoms with Gasteiger partial charge in [-0.05, 0) is 48.5 Å². The van der Waals surface area contributed by atoms with Crippen LogP contribution >= 0.6 is 0 Å². The quantitative estimate of drug-likeness (QED) is 0.474. The Morgan fingerprint density at radius 1 is 0.897 bits per heavy atom. The number of rotatable bonds is 4. The van der Waals surface area contributed by atoms with Gasteiger partial charge in [0.25, 0.3) is 5.56 Å². The summed E-state index contributed by atoms with van der Waals surface area (Å²) in [6, 6.07) is 23.1. The highest BCUT2D eigenvalue weighted by molar-refractivity contribution is 5.79.